The van der Waals surface area contributed by atoms with Crippen molar-refractivity contribution in [1.82, 2.24) is 0 Å². The monoisotopic (exact) mass is 463 g/mol. The fourth-order valence-corrected chi connectivity index (χ4v) is 4.28. The first-order valence-electron chi connectivity index (χ1n) is 10.2. The summed E-state index contributed by atoms with van der Waals surface area (Å²) in [6.07, 6.45) is 0. The van der Waals surface area contributed by atoms with Crippen molar-refractivity contribution in [3.05, 3.63) is 94.0 Å². The number of Topliss-reactive ketones (excluding diaryl/α,β-unsaturated/α-hetero) is 1. The van der Waals surface area contributed by atoms with Crippen molar-refractivity contribution in [2.45, 2.75) is 13.0 Å². The van der Waals surface area contributed by atoms with Gasteiger partial charge in [0.25, 0.3) is 11.7 Å². The minimum Gasteiger partial charge on any atom is -0.506 e. The largest absolute Gasteiger partial charge is 0.506 e. The number of hydrogen-bond donors (Lipinski definition) is 1. The summed E-state index contributed by atoms with van der Waals surface area (Å²) >= 11 is 6.18. The lowest BCUT2D eigenvalue weighted by Gasteiger charge is -2.26. The number of anilines is 1. The maximum absolute atomic E-state index is 13.3. The Bertz CT molecular complexity index is 1260. The Morgan fingerprint density at radius 3 is 2.18 bits per heavy atom. The maximum Gasteiger partial charge on any atom is 0.300 e. The molecule has 4 rings (SSSR count). The first-order valence-corrected chi connectivity index (χ1v) is 10.6. The molecule has 0 aliphatic carbocycles. The van der Waals surface area contributed by atoms with Gasteiger partial charge in [0, 0.05) is 10.7 Å². The molecule has 1 amide bonds. The molecule has 0 radical (unpaired) electrons. The van der Waals surface area contributed by atoms with Gasteiger partial charge in [-0.1, -0.05) is 53.6 Å². The van der Waals surface area contributed by atoms with Crippen LogP contribution in [0.3, 0.4) is 0 Å². The minimum absolute atomic E-state index is 0.0617. The summed E-state index contributed by atoms with van der Waals surface area (Å²) in [5.74, 6) is -1.34. The summed E-state index contributed by atoms with van der Waals surface area (Å²) in [4.78, 5) is 28.0. The number of aliphatic hydroxyl groups excluding tert-OH is 1. The van der Waals surface area contributed by atoms with E-state index in [-0.39, 0.29) is 16.9 Å². The van der Waals surface area contributed by atoms with Crippen molar-refractivity contribution in [3.8, 4) is 11.5 Å². The highest BCUT2D eigenvalue weighted by molar-refractivity contribution is 6.52. The van der Waals surface area contributed by atoms with E-state index in [0.29, 0.717) is 27.8 Å². The molecule has 3 aromatic rings. The second-order valence-electron chi connectivity index (χ2n) is 7.60. The second-order valence-corrected chi connectivity index (χ2v) is 8.04. The van der Waals surface area contributed by atoms with Crippen LogP contribution >= 0.6 is 11.6 Å². The van der Waals surface area contributed by atoms with Crippen LogP contribution in [0.5, 0.6) is 11.5 Å². The van der Waals surface area contributed by atoms with Crippen LogP contribution in [-0.2, 0) is 9.59 Å². The molecule has 1 unspecified atom stereocenters. The zero-order chi connectivity index (χ0) is 23.7. The number of ether oxygens (including phenoxy) is 2. The van der Waals surface area contributed by atoms with E-state index in [4.69, 9.17) is 21.1 Å². The van der Waals surface area contributed by atoms with E-state index in [2.05, 4.69) is 0 Å². The van der Waals surface area contributed by atoms with Crippen molar-refractivity contribution in [3.63, 3.8) is 0 Å². The smallest absolute Gasteiger partial charge is 0.300 e. The predicted octanol–water partition coefficient (Wildman–Crippen LogP) is 5.29. The standard InChI is InChI=1S/C26H22ClNO5/c1-15-7-4-8-16(13-15)23-22(24(29)21-19(32-2)11-6-12-20(21)33-3)25(30)26(31)28(23)18-10-5-9-17(27)14-18/h4-14,23,29H,1-3H3/b24-22+. The van der Waals surface area contributed by atoms with Gasteiger partial charge >= 0.3 is 0 Å². The van der Waals surface area contributed by atoms with E-state index in [9.17, 15) is 14.7 Å². The van der Waals surface area contributed by atoms with E-state index in [1.165, 1.54) is 19.1 Å². The summed E-state index contributed by atoms with van der Waals surface area (Å²) in [6.45, 7) is 1.91. The fourth-order valence-electron chi connectivity index (χ4n) is 4.10. The first kappa shape index (κ1) is 22.4. The molecule has 33 heavy (non-hydrogen) atoms. The number of aryl methyl sites for hydroxylation is 1. The molecule has 3 aromatic carbocycles. The highest BCUT2D eigenvalue weighted by Gasteiger charge is 2.47. The molecule has 0 spiro atoms. The van der Waals surface area contributed by atoms with Crippen molar-refractivity contribution in [2.24, 2.45) is 0 Å². The summed E-state index contributed by atoms with van der Waals surface area (Å²) in [7, 11) is 2.91. The minimum atomic E-state index is -0.877. The number of amides is 1. The Kier molecular flexibility index (Phi) is 6.11. The lowest BCUT2D eigenvalue weighted by molar-refractivity contribution is -0.132. The fraction of sp³-hybridized carbons (Fsp3) is 0.154. The van der Waals surface area contributed by atoms with Crippen LogP contribution in [0.25, 0.3) is 5.76 Å². The van der Waals surface area contributed by atoms with Crippen LogP contribution in [0.15, 0.2) is 72.3 Å². The average Bonchev–Trinajstić information content (AvgIpc) is 3.08. The lowest BCUT2D eigenvalue weighted by atomic mass is 9.93. The molecule has 7 heteroatoms. The number of carbonyl (C=O) groups excluding carboxylic acids is 2. The third-order valence-electron chi connectivity index (χ3n) is 5.55. The molecule has 1 N–H and O–H groups in total. The van der Waals surface area contributed by atoms with Crippen LogP contribution < -0.4 is 14.4 Å². The van der Waals surface area contributed by atoms with Crippen LogP contribution in [-0.4, -0.2) is 31.0 Å². The molecule has 1 aliphatic heterocycles. The number of benzene rings is 3. The Labute approximate surface area is 196 Å². The van der Waals surface area contributed by atoms with E-state index in [1.54, 1.807) is 42.5 Å². The van der Waals surface area contributed by atoms with Gasteiger partial charge in [-0.25, -0.2) is 0 Å². The Hall–Kier alpha value is -3.77. The van der Waals surface area contributed by atoms with E-state index in [0.717, 1.165) is 5.56 Å². The number of ketones is 1. The topological polar surface area (TPSA) is 76.1 Å². The number of halogens is 1. The number of hydrogen-bond acceptors (Lipinski definition) is 5. The van der Waals surface area contributed by atoms with Crippen LogP contribution in [0.4, 0.5) is 5.69 Å². The van der Waals surface area contributed by atoms with Crippen molar-refractivity contribution < 1.29 is 24.2 Å². The number of methoxy groups -OCH3 is 2. The molecule has 1 saturated heterocycles. The second kappa shape index (κ2) is 9.00. The SMILES string of the molecule is COc1cccc(OC)c1/C(O)=C1\C(=O)C(=O)N(c2cccc(Cl)c2)C1c1cccc(C)c1. The van der Waals surface area contributed by atoms with E-state index in [1.807, 2.05) is 31.2 Å². The molecular weight excluding hydrogens is 442 g/mol. The van der Waals surface area contributed by atoms with E-state index < -0.39 is 17.7 Å². The Morgan fingerprint density at radius 1 is 0.939 bits per heavy atom. The third-order valence-corrected chi connectivity index (χ3v) is 5.79. The highest BCUT2D eigenvalue weighted by atomic mass is 35.5. The quantitative estimate of drug-likeness (QED) is 0.316. The molecule has 1 fully saturated rings. The molecule has 0 bridgehead atoms. The average molecular weight is 464 g/mol. The van der Waals surface area contributed by atoms with Gasteiger partial charge in [0.15, 0.2) is 0 Å². The first-order chi connectivity index (χ1) is 15.9. The number of carbonyl (C=O) groups is 2. The molecule has 1 atom stereocenters. The molecule has 0 saturated carbocycles. The van der Waals surface area contributed by atoms with Crippen molar-refractivity contribution >= 4 is 34.7 Å². The van der Waals surface area contributed by atoms with Crippen LogP contribution in [0.2, 0.25) is 5.02 Å². The zero-order valence-electron chi connectivity index (χ0n) is 18.3. The number of rotatable bonds is 5. The van der Waals surface area contributed by atoms with E-state index >= 15 is 0 Å². The van der Waals surface area contributed by atoms with Gasteiger partial charge in [0.1, 0.15) is 22.8 Å². The van der Waals surface area contributed by atoms with Gasteiger partial charge in [-0.05, 0) is 42.8 Å². The summed E-state index contributed by atoms with van der Waals surface area (Å²) in [6, 6.07) is 18.3. The normalized spacial score (nSPS) is 17.3. The van der Waals surface area contributed by atoms with Crippen LogP contribution in [0, 0.1) is 6.92 Å². The summed E-state index contributed by atoms with van der Waals surface area (Å²) in [5.41, 5.74) is 2.20. The zero-order valence-corrected chi connectivity index (χ0v) is 19.1. The maximum atomic E-state index is 13.3. The van der Waals surface area contributed by atoms with Gasteiger partial charge in [-0.15, -0.1) is 0 Å². The highest BCUT2D eigenvalue weighted by Crippen LogP contribution is 2.45. The van der Waals surface area contributed by atoms with Crippen LogP contribution in [0.1, 0.15) is 22.7 Å². The molecule has 6 nitrogen and oxygen atoms in total. The molecule has 0 aromatic heterocycles. The van der Waals surface area contributed by atoms with Gasteiger partial charge in [0.05, 0.1) is 25.8 Å². The van der Waals surface area contributed by atoms with Crippen molar-refractivity contribution in [2.75, 3.05) is 19.1 Å². The summed E-state index contributed by atoms with van der Waals surface area (Å²) < 4.78 is 10.8. The molecule has 1 aliphatic rings. The van der Waals surface area contributed by atoms with Crippen molar-refractivity contribution in [1.29, 1.82) is 0 Å². The lowest BCUT2D eigenvalue weighted by Crippen LogP contribution is -2.29. The van der Waals surface area contributed by atoms with Gasteiger partial charge in [-0.2, -0.15) is 0 Å². The van der Waals surface area contributed by atoms with Gasteiger partial charge < -0.3 is 14.6 Å². The van der Waals surface area contributed by atoms with Gasteiger partial charge in [-0.3, -0.25) is 14.5 Å². The number of nitrogens with zero attached hydrogens (tertiary/aromatic N) is 1. The Balaban J connectivity index is 2.03. The van der Waals surface area contributed by atoms with Gasteiger partial charge in [0.2, 0.25) is 0 Å². The molecular formula is C26H22ClNO5. The number of aliphatic hydroxyl groups is 1. The molecule has 1 heterocycles. The molecule has 168 valence electrons. The Morgan fingerprint density at radius 2 is 1.58 bits per heavy atom. The third kappa shape index (κ3) is 3.94. The predicted molar refractivity (Wildman–Crippen MR) is 127 cm³/mol. The summed E-state index contributed by atoms with van der Waals surface area (Å²) in [5, 5.41) is 11.9.